The van der Waals surface area contributed by atoms with Crippen molar-refractivity contribution < 1.29 is 4.79 Å². The molecule has 2 heterocycles. The average Bonchev–Trinajstić information content (AvgIpc) is 3.11. The highest BCUT2D eigenvalue weighted by molar-refractivity contribution is 6.00. The van der Waals surface area contributed by atoms with Crippen molar-refractivity contribution in [3.8, 4) is 11.3 Å². The number of fused-ring (bicyclic) bond motifs is 1. The number of carbonyl (C=O) groups excluding carboxylic acids is 1. The van der Waals surface area contributed by atoms with Gasteiger partial charge in [0.05, 0.1) is 5.69 Å². The number of urea groups is 1. The summed E-state index contributed by atoms with van der Waals surface area (Å²) in [5.41, 5.74) is 7.70. The van der Waals surface area contributed by atoms with E-state index in [1.54, 1.807) is 0 Å². The third-order valence-corrected chi connectivity index (χ3v) is 4.86. The number of aryl methyl sites for hydroxylation is 3. The number of hydrogen-bond acceptors (Lipinski definition) is 2. The van der Waals surface area contributed by atoms with Gasteiger partial charge in [-0.25, -0.2) is 9.78 Å². The molecule has 0 radical (unpaired) electrons. The molecule has 2 N–H and O–H groups in total. The highest BCUT2D eigenvalue weighted by Crippen LogP contribution is 2.24. The second-order valence-corrected chi connectivity index (χ2v) is 7.01. The first-order chi connectivity index (χ1) is 13.5. The lowest BCUT2D eigenvalue weighted by molar-refractivity contribution is 0.262. The molecule has 5 nitrogen and oxygen atoms in total. The lowest BCUT2D eigenvalue weighted by Crippen LogP contribution is -2.19. The Morgan fingerprint density at radius 1 is 0.857 bits per heavy atom. The molecule has 0 aliphatic rings. The first-order valence-electron chi connectivity index (χ1n) is 9.19. The van der Waals surface area contributed by atoms with E-state index in [4.69, 9.17) is 4.98 Å². The number of aromatic nitrogens is 2. The van der Waals surface area contributed by atoms with Crippen molar-refractivity contribution in [2.45, 2.75) is 20.8 Å². The zero-order valence-electron chi connectivity index (χ0n) is 16.2. The summed E-state index contributed by atoms with van der Waals surface area (Å²) < 4.78 is 2.01. The number of benzene rings is 2. The van der Waals surface area contributed by atoms with Gasteiger partial charge in [0, 0.05) is 29.3 Å². The molecule has 140 valence electrons. The lowest BCUT2D eigenvalue weighted by atomic mass is 10.1. The molecular formula is C23H22N4O. The number of amides is 2. The minimum atomic E-state index is -0.272. The van der Waals surface area contributed by atoms with Gasteiger partial charge in [0.1, 0.15) is 5.65 Å². The van der Waals surface area contributed by atoms with Crippen LogP contribution in [0.1, 0.15) is 16.7 Å². The van der Waals surface area contributed by atoms with Crippen molar-refractivity contribution in [3.63, 3.8) is 0 Å². The number of carbonyl (C=O) groups is 1. The Labute approximate surface area is 164 Å². The summed E-state index contributed by atoms with van der Waals surface area (Å²) in [6, 6.07) is 17.3. The van der Waals surface area contributed by atoms with Crippen LogP contribution in [-0.2, 0) is 0 Å². The van der Waals surface area contributed by atoms with Crippen LogP contribution in [0, 0.1) is 20.8 Å². The van der Waals surface area contributed by atoms with Crippen molar-refractivity contribution >= 4 is 23.1 Å². The molecule has 4 aromatic rings. The number of rotatable bonds is 3. The minimum Gasteiger partial charge on any atom is -0.308 e. The first kappa shape index (κ1) is 17.8. The molecule has 0 unspecified atom stereocenters. The summed E-state index contributed by atoms with van der Waals surface area (Å²) in [7, 11) is 0. The summed E-state index contributed by atoms with van der Waals surface area (Å²) in [6.07, 6.45) is 3.98. The van der Waals surface area contributed by atoms with E-state index < -0.39 is 0 Å². The van der Waals surface area contributed by atoms with Gasteiger partial charge in [-0.1, -0.05) is 24.3 Å². The monoisotopic (exact) mass is 370 g/mol. The van der Waals surface area contributed by atoms with Gasteiger partial charge in [0.25, 0.3) is 0 Å². The molecule has 5 heteroatoms. The standard InChI is InChI=1S/C23H22N4O/c1-15-9-10-20(12-17(15)3)25-23(28)24-19-8-4-7-18(13-19)21-14-27-11-5-6-16(2)22(27)26-21/h4-14H,1-3H3,(H2,24,25,28). The molecule has 2 amide bonds. The maximum Gasteiger partial charge on any atom is 0.323 e. The highest BCUT2D eigenvalue weighted by Gasteiger charge is 2.08. The molecule has 0 spiro atoms. The maximum atomic E-state index is 12.4. The molecule has 2 aromatic carbocycles. The van der Waals surface area contributed by atoms with Gasteiger partial charge >= 0.3 is 6.03 Å². The zero-order chi connectivity index (χ0) is 19.7. The van der Waals surface area contributed by atoms with E-state index in [0.717, 1.165) is 33.7 Å². The lowest BCUT2D eigenvalue weighted by Gasteiger charge is -2.10. The van der Waals surface area contributed by atoms with Crippen LogP contribution < -0.4 is 10.6 Å². The topological polar surface area (TPSA) is 58.4 Å². The summed E-state index contributed by atoms with van der Waals surface area (Å²) in [5, 5.41) is 5.77. The van der Waals surface area contributed by atoms with E-state index in [9.17, 15) is 4.79 Å². The highest BCUT2D eigenvalue weighted by atomic mass is 16.2. The van der Waals surface area contributed by atoms with Crippen molar-refractivity contribution in [3.05, 3.63) is 83.7 Å². The van der Waals surface area contributed by atoms with Gasteiger partial charge in [-0.3, -0.25) is 0 Å². The Bertz CT molecular complexity index is 1180. The van der Waals surface area contributed by atoms with Crippen LogP contribution in [-0.4, -0.2) is 15.4 Å². The van der Waals surface area contributed by atoms with Gasteiger partial charge in [0.15, 0.2) is 0 Å². The van der Waals surface area contributed by atoms with Crippen molar-refractivity contribution in [1.29, 1.82) is 0 Å². The zero-order valence-corrected chi connectivity index (χ0v) is 16.2. The van der Waals surface area contributed by atoms with E-state index in [2.05, 4.69) is 10.6 Å². The normalized spacial score (nSPS) is 10.8. The Hall–Kier alpha value is -3.60. The molecule has 0 aliphatic heterocycles. The number of hydrogen-bond donors (Lipinski definition) is 2. The fourth-order valence-corrected chi connectivity index (χ4v) is 3.16. The summed E-state index contributed by atoms with van der Waals surface area (Å²) in [4.78, 5) is 17.1. The minimum absolute atomic E-state index is 0.272. The quantitative estimate of drug-likeness (QED) is 0.495. The second kappa shape index (κ2) is 7.19. The van der Waals surface area contributed by atoms with E-state index >= 15 is 0 Å². The van der Waals surface area contributed by atoms with Crippen molar-refractivity contribution in [2.24, 2.45) is 0 Å². The first-order valence-corrected chi connectivity index (χ1v) is 9.19. The number of anilines is 2. The van der Waals surface area contributed by atoms with Gasteiger partial charge in [-0.15, -0.1) is 0 Å². The van der Waals surface area contributed by atoms with E-state index in [-0.39, 0.29) is 6.03 Å². The molecule has 0 aliphatic carbocycles. The Morgan fingerprint density at radius 2 is 1.64 bits per heavy atom. The number of nitrogens with zero attached hydrogens (tertiary/aromatic N) is 2. The average molecular weight is 370 g/mol. The van der Waals surface area contributed by atoms with Gasteiger partial charge in [-0.05, 0) is 67.8 Å². The van der Waals surface area contributed by atoms with Crippen LogP contribution in [0.3, 0.4) is 0 Å². The van der Waals surface area contributed by atoms with Crippen molar-refractivity contribution in [2.75, 3.05) is 10.6 Å². The van der Waals surface area contributed by atoms with Crippen molar-refractivity contribution in [1.82, 2.24) is 9.38 Å². The Kier molecular flexibility index (Phi) is 4.57. The molecule has 0 saturated heterocycles. The predicted octanol–water partition coefficient (Wildman–Crippen LogP) is 5.57. The van der Waals surface area contributed by atoms with E-state index in [0.29, 0.717) is 5.69 Å². The van der Waals surface area contributed by atoms with Crippen LogP contribution in [0.25, 0.3) is 16.9 Å². The third-order valence-electron chi connectivity index (χ3n) is 4.86. The molecule has 4 rings (SSSR count). The van der Waals surface area contributed by atoms with E-state index in [1.165, 1.54) is 5.56 Å². The molecule has 28 heavy (non-hydrogen) atoms. The fourth-order valence-electron chi connectivity index (χ4n) is 3.16. The molecule has 0 fully saturated rings. The van der Waals surface area contributed by atoms with Crippen LogP contribution >= 0.6 is 0 Å². The molecular weight excluding hydrogens is 348 g/mol. The maximum absolute atomic E-state index is 12.4. The summed E-state index contributed by atoms with van der Waals surface area (Å²) in [5.74, 6) is 0. The van der Waals surface area contributed by atoms with Crippen LogP contribution in [0.5, 0.6) is 0 Å². The van der Waals surface area contributed by atoms with Crippen LogP contribution in [0.4, 0.5) is 16.2 Å². The number of pyridine rings is 1. The van der Waals surface area contributed by atoms with Crippen LogP contribution in [0.2, 0.25) is 0 Å². The molecule has 2 aromatic heterocycles. The Balaban J connectivity index is 1.53. The van der Waals surface area contributed by atoms with Crippen LogP contribution in [0.15, 0.2) is 67.0 Å². The number of imidazole rings is 1. The smallest absolute Gasteiger partial charge is 0.308 e. The molecule has 0 saturated carbocycles. The largest absolute Gasteiger partial charge is 0.323 e. The third kappa shape index (κ3) is 3.60. The SMILES string of the molecule is Cc1ccc(NC(=O)Nc2cccc(-c3cn4cccc(C)c4n3)c2)cc1C. The molecule has 0 bridgehead atoms. The predicted molar refractivity (Wildman–Crippen MR) is 114 cm³/mol. The van der Waals surface area contributed by atoms with Gasteiger partial charge < -0.3 is 15.0 Å². The fraction of sp³-hybridized carbons (Fsp3) is 0.130. The molecule has 0 atom stereocenters. The number of nitrogens with one attached hydrogen (secondary N) is 2. The second-order valence-electron chi connectivity index (χ2n) is 7.01. The van der Waals surface area contributed by atoms with Gasteiger partial charge in [-0.2, -0.15) is 0 Å². The van der Waals surface area contributed by atoms with E-state index in [1.807, 2.05) is 92.2 Å². The summed E-state index contributed by atoms with van der Waals surface area (Å²) in [6.45, 7) is 6.12. The summed E-state index contributed by atoms with van der Waals surface area (Å²) >= 11 is 0. The van der Waals surface area contributed by atoms with Gasteiger partial charge in [0.2, 0.25) is 0 Å². The Morgan fingerprint density at radius 3 is 2.39 bits per heavy atom.